The molecule has 1 fully saturated rings. The molecule has 0 saturated carbocycles. The molecule has 3 aliphatic rings. The third-order valence-electron chi connectivity index (χ3n) is 5.97. The Balaban J connectivity index is 1.42. The van der Waals surface area contributed by atoms with Crippen LogP contribution in [0.4, 0.5) is 20.3 Å². The Bertz CT molecular complexity index is 1070. The largest absolute Gasteiger partial charge is 0.488 e. The number of carbonyl (C=O) groups excluding carboxylic acids is 2. The lowest BCUT2D eigenvalue weighted by atomic mass is 10.1. The highest BCUT2D eigenvalue weighted by atomic mass is 19.3. The maximum Gasteiger partial charge on any atom is 0.265 e. The maximum absolute atomic E-state index is 13.7. The summed E-state index contributed by atoms with van der Waals surface area (Å²) in [7, 11) is 1.77. The van der Waals surface area contributed by atoms with Crippen LogP contribution < -0.4 is 9.64 Å². The van der Waals surface area contributed by atoms with Crippen LogP contribution in [0.1, 0.15) is 39.1 Å². The lowest BCUT2D eigenvalue weighted by Crippen LogP contribution is -2.45. The van der Waals surface area contributed by atoms with Gasteiger partial charge in [-0.05, 0) is 36.2 Å². The van der Waals surface area contributed by atoms with Gasteiger partial charge in [0.15, 0.2) is 11.6 Å². The van der Waals surface area contributed by atoms with Gasteiger partial charge in [-0.15, -0.1) is 0 Å². The van der Waals surface area contributed by atoms with E-state index >= 15 is 0 Å². The van der Waals surface area contributed by atoms with Crippen LogP contribution in [0.25, 0.3) is 0 Å². The Morgan fingerprint density at radius 2 is 2.06 bits per heavy atom. The third kappa shape index (κ3) is 3.47. The lowest BCUT2D eigenvalue weighted by Gasteiger charge is -2.33. The minimum absolute atomic E-state index is 0.00787. The van der Waals surface area contributed by atoms with E-state index in [-0.39, 0.29) is 24.3 Å². The van der Waals surface area contributed by atoms with Gasteiger partial charge in [0.05, 0.1) is 18.7 Å². The number of hydrogen-bond acceptors (Lipinski definition) is 5. The number of rotatable bonds is 2. The van der Waals surface area contributed by atoms with E-state index in [0.717, 1.165) is 11.3 Å². The van der Waals surface area contributed by atoms with Crippen molar-refractivity contribution in [2.24, 2.45) is 0 Å². The highest BCUT2D eigenvalue weighted by Gasteiger charge is 2.37. The zero-order valence-corrected chi connectivity index (χ0v) is 17.1. The number of fused-ring (bicyclic) bond motifs is 2. The van der Waals surface area contributed by atoms with Gasteiger partial charge in [0, 0.05) is 44.0 Å². The summed E-state index contributed by atoms with van der Waals surface area (Å²) in [6.07, 6.45) is 1.50. The van der Waals surface area contributed by atoms with E-state index in [4.69, 9.17) is 4.74 Å². The SMILES string of the molecule is CN1Cc2cc(N3CCOc4cc(C(=O)N5CCCC(F)(F)C5)cnc43)ccc2C1=O. The van der Waals surface area contributed by atoms with Gasteiger partial charge < -0.3 is 19.4 Å². The number of halogens is 2. The first-order chi connectivity index (χ1) is 14.8. The van der Waals surface area contributed by atoms with Crippen molar-refractivity contribution in [3.63, 3.8) is 0 Å². The summed E-state index contributed by atoms with van der Waals surface area (Å²) >= 11 is 0. The van der Waals surface area contributed by atoms with Crippen molar-refractivity contribution in [3.05, 3.63) is 47.2 Å². The van der Waals surface area contributed by atoms with Gasteiger partial charge in [0.1, 0.15) is 6.61 Å². The first-order valence-corrected chi connectivity index (χ1v) is 10.3. The molecule has 0 atom stereocenters. The average Bonchev–Trinajstić information content (AvgIpc) is 3.04. The minimum atomic E-state index is -2.86. The number of benzene rings is 1. The van der Waals surface area contributed by atoms with Crippen molar-refractivity contribution < 1.29 is 23.1 Å². The van der Waals surface area contributed by atoms with E-state index in [2.05, 4.69) is 4.98 Å². The predicted molar refractivity (Wildman–Crippen MR) is 109 cm³/mol. The topological polar surface area (TPSA) is 66.0 Å². The zero-order chi connectivity index (χ0) is 21.8. The number of piperidine rings is 1. The second-order valence-electron chi connectivity index (χ2n) is 8.23. The molecular weight excluding hydrogens is 406 g/mol. The summed E-state index contributed by atoms with van der Waals surface area (Å²) in [4.78, 5) is 34.2. The van der Waals surface area contributed by atoms with Gasteiger partial charge >= 0.3 is 0 Å². The van der Waals surface area contributed by atoms with Gasteiger partial charge in [-0.1, -0.05) is 0 Å². The number of likely N-dealkylation sites (tertiary alicyclic amines) is 1. The number of alkyl halides is 2. The van der Waals surface area contributed by atoms with Crippen LogP contribution in [0, 0.1) is 0 Å². The molecule has 4 heterocycles. The number of amides is 2. The van der Waals surface area contributed by atoms with Crippen LogP contribution in [-0.4, -0.2) is 65.8 Å². The molecule has 1 saturated heterocycles. The van der Waals surface area contributed by atoms with Gasteiger partial charge in [-0.2, -0.15) is 0 Å². The zero-order valence-electron chi connectivity index (χ0n) is 17.1. The van der Waals surface area contributed by atoms with E-state index < -0.39 is 18.4 Å². The predicted octanol–water partition coefficient (Wildman–Crippen LogP) is 3.07. The Kier molecular flexibility index (Phi) is 4.56. The van der Waals surface area contributed by atoms with Crippen molar-refractivity contribution in [2.45, 2.75) is 25.3 Å². The van der Waals surface area contributed by atoms with E-state index in [0.29, 0.717) is 43.4 Å². The first-order valence-electron chi connectivity index (χ1n) is 10.3. The molecule has 3 aliphatic heterocycles. The summed E-state index contributed by atoms with van der Waals surface area (Å²) in [5.41, 5.74) is 2.77. The van der Waals surface area contributed by atoms with Crippen molar-refractivity contribution in [1.82, 2.24) is 14.8 Å². The fourth-order valence-electron chi connectivity index (χ4n) is 4.41. The molecule has 5 rings (SSSR count). The number of aromatic nitrogens is 1. The molecule has 2 aromatic rings. The molecule has 2 amide bonds. The fourth-order valence-corrected chi connectivity index (χ4v) is 4.41. The molecule has 0 N–H and O–H groups in total. The van der Waals surface area contributed by atoms with Crippen LogP contribution in [0.15, 0.2) is 30.5 Å². The molecular formula is C22H22F2N4O3. The third-order valence-corrected chi connectivity index (χ3v) is 5.97. The molecule has 0 aliphatic carbocycles. The highest BCUT2D eigenvalue weighted by molar-refractivity contribution is 5.99. The van der Waals surface area contributed by atoms with Crippen LogP contribution >= 0.6 is 0 Å². The lowest BCUT2D eigenvalue weighted by molar-refractivity contribution is -0.0560. The summed E-state index contributed by atoms with van der Waals surface area (Å²) in [5.74, 6) is -2.31. The Hall–Kier alpha value is -3.23. The van der Waals surface area contributed by atoms with Crippen LogP contribution in [0.3, 0.4) is 0 Å². The summed E-state index contributed by atoms with van der Waals surface area (Å²) in [6.45, 7) is 1.25. The summed E-state index contributed by atoms with van der Waals surface area (Å²) in [6, 6.07) is 7.25. The van der Waals surface area contributed by atoms with Crippen molar-refractivity contribution in [2.75, 3.05) is 38.2 Å². The number of anilines is 2. The smallest absolute Gasteiger partial charge is 0.265 e. The molecule has 0 spiro atoms. The standard InChI is InChI=1S/C22H22F2N4O3/c1-26-12-15-9-16(3-4-17(15)21(26)30)28-7-8-31-18-10-14(11-25-19(18)28)20(29)27-6-2-5-22(23,24)13-27/h3-4,9-11H,2,5-8,12-13H2,1H3. The van der Waals surface area contributed by atoms with Crippen molar-refractivity contribution >= 4 is 23.3 Å². The second kappa shape index (κ2) is 7.18. The number of nitrogens with zero attached hydrogens (tertiary/aromatic N) is 4. The summed E-state index contributed by atoms with van der Waals surface area (Å²) < 4.78 is 33.2. The molecule has 1 aromatic carbocycles. The van der Waals surface area contributed by atoms with Crippen LogP contribution in [0.5, 0.6) is 5.75 Å². The molecule has 1 aromatic heterocycles. The van der Waals surface area contributed by atoms with E-state index in [1.165, 1.54) is 11.1 Å². The normalized spacial score (nSPS) is 19.7. The monoisotopic (exact) mass is 428 g/mol. The van der Waals surface area contributed by atoms with Gasteiger partial charge in [0.2, 0.25) is 0 Å². The Labute approximate surface area is 178 Å². The molecule has 31 heavy (non-hydrogen) atoms. The average molecular weight is 428 g/mol. The van der Waals surface area contributed by atoms with E-state index in [9.17, 15) is 18.4 Å². The number of hydrogen-bond donors (Lipinski definition) is 0. The Morgan fingerprint density at radius 1 is 1.23 bits per heavy atom. The molecule has 0 unspecified atom stereocenters. The molecule has 162 valence electrons. The van der Waals surface area contributed by atoms with Gasteiger partial charge in [-0.25, -0.2) is 13.8 Å². The second-order valence-corrected chi connectivity index (χ2v) is 8.23. The maximum atomic E-state index is 13.7. The molecule has 0 radical (unpaired) electrons. The quantitative estimate of drug-likeness (QED) is 0.736. The van der Waals surface area contributed by atoms with Crippen molar-refractivity contribution in [3.8, 4) is 5.75 Å². The van der Waals surface area contributed by atoms with Gasteiger partial charge in [0.25, 0.3) is 17.7 Å². The number of ether oxygens (including phenoxy) is 1. The van der Waals surface area contributed by atoms with Crippen LogP contribution in [0.2, 0.25) is 0 Å². The first kappa shape index (κ1) is 19.7. The Morgan fingerprint density at radius 3 is 2.87 bits per heavy atom. The van der Waals surface area contributed by atoms with Gasteiger partial charge in [-0.3, -0.25) is 9.59 Å². The number of carbonyl (C=O) groups is 2. The summed E-state index contributed by atoms with van der Waals surface area (Å²) in [5, 5.41) is 0. The minimum Gasteiger partial charge on any atom is -0.488 e. The molecule has 0 bridgehead atoms. The van der Waals surface area contributed by atoms with E-state index in [1.54, 1.807) is 18.0 Å². The van der Waals surface area contributed by atoms with Crippen LogP contribution in [-0.2, 0) is 6.54 Å². The number of pyridine rings is 1. The fraction of sp³-hybridized carbons (Fsp3) is 0.409. The highest BCUT2D eigenvalue weighted by Crippen LogP contribution is 2.37. The molecule has 9 heteroatoms. The van der Waals surface area contributed by atoms with E-state index in [1.807, 2.05) is 23.1 Å². The van der Waals surface area contributed by atoms with Crippen molar-refractivity contribution in [1.29, 1.82) is 0 Å². The molecule has 7 nitrogen and oxygen atoms in total.